The number of hydrogen-bond donors (Lipinski definition) is 1. The summed E-state index contributed by atoms with van der Waals surface area (Å²) in [5.74, 6) is -2.13. The van der Waals surface area contributed by atoms with Crippen LogP contribution in [-0.4, -0.2) is 49.4 Å². The monoisotopic (exact) mass is 367 g/mol. The topological polar surface area (TPSA) is 117 Å². The molecule has 0 spiro atoms. The molecule has 11 heteroatoms. The first-order valence-corrected chi connectivity index (χ1v) is 8.56. The maximum Gasteiger partial charge on any atom is 0.335 e. The van der Waals surface area contributed by atoms with Gasteiger partial charge in [-0.3, -0.25) is 4.68 Å². The van der Waals surface area contributed by atoms with Crippen molar-refractivity contribution >= 4 is 33.6 Å². The van der Waals surface area contributed by atoms with E-state index in [-0.39, 0.29) is 29.0 Å². The lowest BCUT2D eigenvalue weighted by Gasteiger charge is -2.16. The Labute approximate surface area is 138 Å². The molecule has 0 bridgehead atoms. The van der Waals surface area contributed by atoms with Crippen LogP contribution in [0.25, 0.3) is 0 Å². The highest BCUT2D eigenvalue weighted by atomic mass is 35.5. The molecule has 0 radical (unpaired) electrons. The Morgan fingerprint density at radius 3 is 2.09 bits per heavy atom. The summed E-state index contributed by atoms with van der Waals surface area (Å²) in [6.45, 7) is 4.43. The van der Waals surface area contributed by atoms with Crippen molar-refractivity contribution in [2.75, 3.05) is 13.2 Å². The van der Waals surface area contributed by atoms with Gasteiger partial charge in [0.05, 0.1) is 18.9 Å². The Bertz CT molecular complexity index is 682. The number of ether oxygens (including phenoxy) is 2. The van der Waals surface area contributed by atoms with Crippen LogP contribution in [0.4, 0.5) is 0 Å². The maximum atomic E-state index is 12.5. The van der Waals surface area contributed by atoms with Gasteiger partial charge >= 0.3 is 11.9 Å². The molecule has 0 aliphatic heterocycles. The molecule has 0 amide bonds. The van der Waals surface area contributed by atoms with Crippen molar-refractivity contribution in [3.05, 3.63) is 10.8 Å². The molecule has 0 unspecified atom stereocenters. The standard InChI is InChI=1S/C12H18ClN3O6S/c1-5-21-11(17)8(12(18)22-6-2)15-23(19,20)9-7(3)14-16(4)10(9)13/h8,15H,5-6H2,1-4H3. The number of nitrogens with zero attached hydrogens (tertiary/aromatic N) is 2. The Kier molecular flexibility index (Phi) is 6.54. The highest BCUT2D eigenvalue weighted by molar-refractivity contribution is 7.89. The SMILES string of the molecule is CCOC(=O)C(NS(=O)(=O)c1c(C)nn(C)c1Cl)C(=O)OCC. The largest absolute Gasteiger partial charge is 0.464 e. The van der Waals surface area contributed by atoms with Crippen molar-refractivity contribution in [3.63, 3.8) is 0 Å². The molecule has 1 rings (SSSR count). The third kappa shape index (κ3) is 4.43. The first-order valence-electron chi connectivity index (χ1n) is 6.70. The van der Waals surface area contributed by atoms with Crippen molar-refractivity contribution in [2.45, 2.75) is 31.7 Å². The minimum atomic E-state index is -4.29. The number of carbonyl (C=O) groups is 2. The number of rotatable bonds is 7. The molecule has 0 fully saturated rings. The molecule has 1 aromatic heterocycles. The summed E-state index contributed by atoms with van der Waals surface area (Å²) in [4.78, 5) is 23.4. The Balaban J connectivity index is 3.20. The van der Waals surface area contributed by atoms with Gasteiger partial charge in [0.1, 0.15) is 10.0 Å². The zero-order chi connectivity index (χ0) is 17.8. The summed E-state index contributed by atoms with van der Waals surface area (Å²) in [6.07, 6.45) is 0. The predicted molar refractivity (Wildman–Crippen MR) is 80.3 cm³/mol. The quantitative estimate of drug-likeness (QED) is 0.538. The van der Waals surface area contributed by atoms with E-state index in [1.165, 1.54) is 27.8 Å². The van der Waals surface area contributed by atoms with Crippen LogP contribution in [0.5, 0.6) is 0 Å². The fourth-order valence-corrected chi connectivity index (χ4v) is 3.66. The summed E-state index contributed by atoms with van der Waals surface area (Å²) < 4.78 is 37.4. The molecule has 0 atom stereocenters. The molecular formula is C12H18ClN3O6S. The van der Waals surface area contributed by atoms with E-state index in [0.717, 1.165) is 4.68 Å². The Morgan fingerprint density at radius 2 is 1.74 bits per heavy atom. The molecule has 0 saturated carbocycles. The van der Waals surface area contributed by atoms with E-state index in [1.54, 1.807) is 0 Å². The highest BCUT2D eigenvalue weighted by Crippen LogP contribution is 2.24. The number of carbonyl (C=O) groups excluding carboxylic acids is 2. The highest BCUT2D eigenvalue weighted by Gasteiger charge is 2.36. The van der Waals surface area contributed by atoms with Gasteiger partial charge in [-0.15, -0.1) is 0 Å². The minimum Gasteiger partial charge on any atom is -0.464 e. The minimum absolute atomic E-state index is 0.0247. The summed E-state index contributed by atoms with van der Waals surface area (Å²) >= 11 is 5.91. The summed E-state index contributed by atoms with van der Waals surface area (Å²) in [7, 11) is -2.83. The van der Waals surface area contributed by atoms with E-state index < -0.39 is 28.0 Å². The number of aromatic nitrogens is 2. The summed E-state index contributed by atoms with van der Waals surface area (Å²) in [6, 6.07) is -1.82. The van der Waals surface area contributed by atoms with E-state index in [0.29, 0.717) is 0 Å². The van der Waals surface area contributed by atoms with Crippen LogP contribution in [0.3, 0.4) is 0 Å². The van der Waals surface area contributed by atoms with Gasteiger partial charge in [0.15, 0.2) is 0 Å². The smallest absolute Gasteiger partial charge is 0.335 e. The van der Waals surface area contributed by atoms with E-state index in [2.05, 4.69) is 5.10 Å². The summed E-state index contributed by atoms with van der Waals surface area (Å²) in [5, 5.41) is 3.73. The molecular weight excluding hydrogens is 350 g/mol. The number of hydrogen-bond acceptors (Lipinski definition) is 7. The molecule has 9 nitrogen and oxygen atoms in total. The fourth-order valence-electron chi connectivity index (χ4n) is 1.77. The molecule has 1 aromatic rings. The van der Waals surface area contributed by atoms with Crippen molar-refractivity contribution in [2.24, 2.45) is 7.05 Å². The van der Waals surface area contributed by atoms with Crippen molar-refractivity contribution < 1.29 is 27.5 Å². The summed E-state index contributed by atoms with van der Waals surface area (Å²) in [5.41, 5.74) is 0.122. The normalized spacial score (nSPS) is 11.6. The van der Waals surface area contributed by atoms with Crippen LogP contribution in [0.15, 0.2) is 4.90 Å². The third-order valence-electron chi connectivity index (χ3n) is 2.69. The fraction of sp³-hybridized carbons (Fsp3) is 0.583. The number of nitrogens with one attached hydrogen (secondary N) is 1. The molecule has 0 saturated heterocycles. The van der Waals surface area contributed by atoms with E-state index in [1.807, 2.05) is 4.72 Å². The number of esters is 2. The first kappa shape index (κ1) is 19.4. The molecule has 23 heavy (non-hydrogen) atoms. The van der Waals surface area contributed by atoms with Gasteiger partial charge in [0, 0.05) is 7.05 Å². The van der Waals surface area contributed by atoms with Gasteiger partial charge in [-0.05, 0) is 20.8 Å². The van der Waals surface area contributed by atoms with Crippen molar-refractivity contribution in [1.82, 2.24) is 14.5 Å². The van der Waals surface area contributed by atoms with Gasteiger partial charge in [-0.1, -0.05) is 11.6 Å². The number of sulfonamides is 1. The van der Waals surface area contributed by atoms with Crippen molar-refractivity contribution in [3.8, 4) is 0 Å². The number of aryl methyl sites for hydroxylation is 2. The molecule has 0 aliphatic rings. The zero-order valence-corrected chi connectivity index (χ0v) is 14.7. The second-order valence-electron chi connectivity index (χ2n) is 4.39. The Morgan fingerprint density at radius 1 is 1.26 bits per heavy atom. The molecule has 0 aromatic carbocycles. The van der Waals surface area contributed by atoms with Crippen LogP contribution >= 0.6 is 11.6 Å². The van der Waals surface area contributed by atoms with Gasteiger partial charge in [0.25, 0.3) is 0 Å². The maximum absolute atomic E-state index is 12.5. The first-order chi connectivity index (χ1) is 10.7. The number of halogens is 1. The molecule has 0 aliphatic carbocycles. The van der Waals surface area contributed by atoms with Crippen LogP contribution in [-0.2, 0) is 36.1 Å². The van der Waals surface area contributed by atoms with Gasteiger partial charge in [0.2, 0.25) is 16.1 Å². The van der Waals surface area contributed by atoms with Crippen LogP contribution < -0.4 is 4.72 Å². The van der Waals surface area contributed by atoms with Gasteiger partial charge in [-0.25, -0.2) is 18.0 Å². The van der Waals surface area contributed by atoms with Crippen molar-refractivity contribution in [1.29, 1.82) is 0 Å². The lowest BCUT2D eigenvalue weighted by Crippen LogP contribution is -2.48. The van der Waals surface area contributed by atoms with Gasteiger partial charge in [-0.2, -0.15) is 9.82 Å². The Hall–Kier alpha value is -1.65. The average molecular weight is 368 g/mol. The van der Waals surface area contributed by atoms with Crippen LogP contribution in [0, 0.1) is 6.92 Å². The van der Waals surface area contributed by atoms with Crippen LogP contribution in [0.1, 0.15) is 19.5 Å². The molecule has 1 heterocycles. The molecule has 130 valence electrons. The van der Waals surface area contributed by atoms with Gasteiger partial charge < -0.3 is 9.47 Å². The van der Waals surface area contributed by atoms with Crippen LogP contribution in [0.2, 0.25) is 5.15 Å². The third-order valence-corrected chi connectivity index (χ3v) is 4.80. The van der Waals surface area contributed by atoms with E-state index in [9.17, 15) is 18.0 Å². The lowest BCUT2D eigenvalue weighted by atomic mass is 10.3. The predicted octanol–water partition coefficient (Wildman–Crippen LogP) is 0.155. The average Bonchev–Trinajstić information content (AvgIpc) is 2.70. The van der Waals surface area contributed by atoms with E-state index >= 15 is 0 Å². The second kappa shape index (κ2) is 7.75. The molecule has 1 N–H and O–H groups in total. The second-order valence-corrected chi connectivity index (χ2v) is 6.40. The van der Waals surface area contributed by atoms with E-state index in [4.69, 9.17) is 21.1 Å². The zero-order valence-electron chi connectivity index (χ0n) is 13.1. The lowest BCUT2D eigenvalue weighted by molar-refractivity contribution is -0.157.